The Hall–Kier alpha value is -1.69. The zero-order chi connectivity index (χ0) is 19.3. The highest BCUT2D eigenvalue weighted by atomic mass is 79.9. The van der Waals surface area contributed by atoms with E-state index < -0.39 is 0 Å². The number of ketones is 1. The van der Waals surface area contributed by atoms with Gasteiger partial charge in [0.2, 0.25) is 0 Å². The number of phenolic OH excluding ortho intramolecular Hbond substituents is 1. The van der Waals surface area contributed by atoms with Crippen molar-refractivity contribution >= 4 is 21.7 Å². The van der Waals surface area contributed by atoms with Crippen LogP contribution in [0.2, 0.25) is 0 Å². The van der Waals surface area contributed by atoms with Crippen molar-refractivity contribution in [1.29, 1.82) is 0 Å². The summed E-state index contributed by atoms with van der Waals surface area (Å²) < 4.78 is 7.06. The lowest BCUT2D eigenvalue weighted by molar-refractivity contribution is -0.117. The number of rotatable bonds is 3. The molecule has 26 heavy (non-hydrogen) atoms. The highest BCUT2D eigenvalue weighted by Gasteiger charge is 2.35. The third-order valence-corrected chi connectivity index (χ3v) is 5.48. The summed E-state index contributed by atoms with van der Waals surface area (Å²) in [5.41, 5.74) is 3.14. The van der Waals surface area contributed by atoms with Gasteiger partial charge in [0.05, 0.1) is 12.7 Å². The molecule has 3 atom stereocenters. The molecule has 3 rings (SSSR count). The number of aliphatic hydroxyl groups excluding tert-OH is 1. The molecule has 3 unspecified atom stereocenters. The molecule has 1 aliphatic heterocycles. The number of fused-ring (bicyclic) bond motifs is 1. The van der Waals surface area contributed by atoms with E-state index in [9.17, 15) is 9.90 Å². The van der Waals surface area contributed by atoms with Gasteiger partial charge in [-0.1, -0.05) is 53.2 Å². The summed E-state index contributed by atoms with van der Waals surface area (Å²) >= 11 is 3.53. The number of halogens is 1. The molecule has 0 saturated carbocycles. The highest BCUT2D eigenvalue weighted by Crippen LogP contribution is 2.46. The van der Waals surface area contributed by atoms with Gasteiger partial charge in [0.25, 0.3) is 0 Å². The molecular formula is C21H25BrO4. The van der Waals surface area contributed by atoms with Crippen molar-refractivity contribution in [3.05, 3.63) is 63.6 Å². The Morgan fingerprint density at radius 1 is 1.23 bits per heavy atom. The molecule has 2 aromatic rings. The Balaban J connectivity index is 0.00000117. The number of benzene rings is 2. The third-order valence-electron chi connectivity index (χ3n) is 4.77. The molecule has 0 spiro atoms. The lowest BCUT2D eigenvalue weighted by Gasteiger charge is -2.28. The van der Waals surface area contributed by atoms with Crippen LogP contribution in [0.15, 0.2) is 46.9 Å². The number of aromatic hydroxyl groups is 1. The summed E-state index contributed by atoms with van der Waals surface area (Å²) in [7, 11) is 1.00. The van der Waals surface area contributed by atoms with Crippen LogP contribution in [0.5, 0.6) is 5.75 Å². The summed E-state index contributed by atoms with van der Waals surface area (Å²) in [4.78, 5) is 11.9. The van der Waals surface area contributed by atoms with Gasteiger partial charge in [-0.25, -0.2) is 0 Å². The maximum atomic E-state index is 11.9. The Bertz CT molecular complexity index is 745. The fourth-order valence-electron chi connectivity index (χ4n) is 3.59. The fourth-order valence-corrected chi connectivity index (χ4v) is 4.17. The molecule has 0 amide bonds. The molecule has 140 valence electrons. The molecule has 0 fully saturated rings. The highest BCUT2D eigenvalue weighted by molar-refractivity contribution is 9.10. The van der Waals surface area contributed by atoms with Gasteiger partial charge in [-0.05, 0) is 47.6 Å². The molecule has 0 bridgehead atoms. The van der Waals surface area contributed by atoms with E-state index >= 15 is 0 Å². The molecule has 4 nitrogen and oxygen atoms in total. The zero-order valence-electron chi connectivity index (χ0n) is 15.3. The first-order valence-corrected chi connectivity index (χ1v) is 9.38. The van der Waals surface area contributed by atoms with Crippen LogP contribution >= 0.6 is 15.9 Å². The van der Waals surface area contributed by atoms with E-state index in [4.69, 9.17) is 9.84 Å². The van der Waals surface area contributed by atoms with E-state index in [1.54, 1.807) is 19.1 Å². The van der Waals surface area contributed by atoms with Crippen molar-refractivity contribution in [2.75, 3.05) is 7.11 Å². The lowest BCUT2D eigenvalue weighted by Crippen LogP contribution is -2.20. The number of ether oxygens (including phenoxy) is 1. The Kier molecular flexibility index (Phi) is 7.38. The first-order chi connectivity index (χ1) is 12.5. The van der Waals surface area contributed by atoms with Crippen LogP contribution < -0.4 is 0 Å². The number of hydrogen-bond acceptors (Lipinski definition) is 4. The Morgan fingerprint density at radius 2 is 1.88 bits per heavy atom. The second-order valence-electron chi connectivity index (χ2n) is 6.51. The van der Waals surface area contributed by atoms with E-state index in [0.29, 0.717) is 13.0 Å². The zero-order valence-corrected chi connectivity index (χ0v) is 16.9. The first kappa shape index (κ1) is 20.6. The minimum absolute atomic E-state index is 0.00797. The smallest absolute Gasteiger partial charge is 0.130 e. The molecule has 0 aromatic heterocycles. The summed E-state index contributed by atoms with van der Waals surface area (Å²) in [5, 5.41) is 17.0. The molecule has 0 radical (unpaired) electrons. The van der Waals surface area contributed by atoms with Gasteiger partial charge in [-0.3, -0.25) is 0 Å². The third kappa shape index (κ3) is 4.53. The predicted molar refractivity (Wildman–Crippen MR) is 105 cm³/mol. The second kappa shape index (κ2) is 9.31. The molecule has 1 heterocycles. The SMILES string of the molecule is CC(=O)CC1c2cc(O)cc(Br)c2COC(c2ccccc2)C1C.CO. The van der Waals surface area contributed by atoms with Gasteiger partial charge in [-0.15, -0.1) is 0 Å². The van der Waals surface area contributed by atoms with Crippen LogP contribution in [0.25, 0.3) is 0 Å². The average molecular weight is 421 g/mol. The van der Waals surface area contributed by atoms with Crippen molar-refractivity contribution in [2.45, 2.75) is 38.9 Å². The van der Waals surface area contributed by atoms with Crippen molar-refractivity contribution in [3.63, 3.8) is 0 Å². The topological polar surface area (TPSA) is 66.8 Å². The van der Waals surface area contributed by atoms with Gasteiger partial charge in [0.15, 0.2) is 0 Å². The molecule has 1 aliphatic rings. The number of carbonyl (C=O) groups excluding carboxylic acids is 1. The molecule has 0 aliphatic carbocycles. The van der Waals surface area contributed by atoms with Crippen molar-refractivity contribution in [1.82, 2.24) is 0 Å². The number of phenols is 1. The molecule has 5 heteroatoms. The van der Waals surface area contributed by atoms with E-state index in [1.165, 1.54) is 0 Å². The van der Waals surface area contributed by atoms with Crippen LogP contribution in [0.4, 0.5) is 0 Å². The van der Waals surface area contributed by atoms with Crippen molar-refractivity contribution < 1.29 is 19.7 Å². The summed E-state index contributed by atoms with van der Waals surface area (Å²) in [5.74, 6) is 0.477. The van der Waals surface area contributed by atoms with Crippen LogP contribution in [0, 0.1) is 5.92 Å². The normalized spacial score (nSPS) is 21.8. The summed E-state index contributed by atoms with van der Waals surface area (Å²) in [6, 6.07) is 13.6. The molecule has 2 N–H and O–H groups in total. The molecule has 0 saturated heterocycles. The Morgan fingerprint density at radius 3 is 2.50 bits per heavy atom. The van der Waals surface area contributed by atoms with E-state index in [1.807, 2.05) is 18.2 Å². The monoisotopic (exact) mass is 420 g/mol. The Labute approximate surface area is 163 Å². The number of aliphatic hydroxyl groups is 1. The maximum Gasteiger partial charge on any atom is 0.130 e. The number of hydrogen-bond donors (Lipinski definition) is 2. The van der Waals surface area contributed by atoms with Gasteiger partial charge in [0.1, 0.15) is 11.5 Å². The van der Waals surface area contributed by atoms with E-state index in [2.05, 4.69) is 35.0 Å². The van der Waals surface area contributed by atoms with E-state index in [0.717, 1.165) is 28.3 Å². The molecule has 2 aromatic carbocycles. The van der Waals surface area contributed by atoms with Gasteiger partial charge < -0.3 is 19.7 Å². The maximum absolute atomic E-state index is 11.9. The largest absolute Gasteiger partial charge is 0.508 e. The van der Waals surface area contributed by atoms with Crippen molar-refractivity contribution in [3.8, 4) is 5.75 Å². The van der Waals surface area contributed by atoms with Crippen molar-refractivity contribution in [2.24, 2.45) is 5.92 Å². The number of Topliss-reactive ketones (excluding diaryl/α,β-unsaturated/α-hetero) is 1. The van der Waals surface area contributed by atoms with Crippen LogP contribution in [0.3, 0.4) is 0 Å². The molecular weight excluding hydrogens is 396 g/mol. The quantitative estimate of drug-likeness (QED) is 0.752. The number of carbonyl (C=O) groups is 1. The first-order valence-electron chi connectivity index (χ1n) is 8.59. The minimum atomic E-state index is -0.0861. The summed E-state index contributed by atoms with van der Waals surface area (Å²) in [6.45, 7) is 4.19. The average Bonchev–Trinajstić information content (AvgIpc) is 2.75. The summed E-state index contributed by atoms with van der Waals surface area (Å²) in [6.07, 6.45) is 0.355. The second-order valence-corrected chi connectivity index (χ2v) is 7.36. The van der Waals surface area contributed by atoms with Crippen LogP contribution in [0.1, 0.15) is 49.0 Å². The van der Waals surface area contributed by atoms with Gasteiger partial charge in [-0.2, -0.15) is 0 Å². The lowest BCUT2D eigenvalue weighted by atomic mass is 9.78. The van der Waals surface area contributed by atoms with Gasteiger partial charge in [0, 0.05) is 18.0 Å². The van der Waals surface area contributed by atoms with Crippen LogP contribution in [-0.2, 0) is 16.1 Å². The fraction of sp³-hybridized carbons (Fsp3) is 0.381. The standard InChI is InChI=1S/C20H21BrO3.CH4O/c1-12(22)8-16-13(2)20(14-6-4-3-5-7-14)24-11-18-17(16)9-15(23)10-19(18)21;1-2/h3-7,9-10,13,16,20,23H,8,11H2,1-2H3;2H,1H3. The minimum Gasteiger partial charge on any atom is -0.508 e. The van der Waals surface area contributed by atoms with E-state index in [-0.39, 0.29) is 29.5 Å². The predicted octanol–water partition coefficient (Wildman–Crippen LogP) is 4.73. The van der Waals surface area contributed by atoms with Gasteiger partial charge >= 0.3 is 0 Å². The van der Waals surface area contributed by atoms with Crippen LogP contribution in [-0.4, -0.2) is 23.1 Å².